The Balaban J connectivity index is 2.59. The molecule has 0 amide bonds. The first-order chi connectivity index (χ1) is 6.58. The van der Waals surface area contributed by atoms with Gasteiger partial charge in [-0.15, -0.1) is 11.8 Å². The molecule has 0 saturated heterocycles. The number of hydrogen-bond donors (Lipinski definition) is 1. The molecule has 0 aliphatic rings. The Morgan fingerprint density at radius 3 is 2.00 bits per heavy atom. The summed E-state index contributed by atoms with van der Waals surface area (Å²) in [5.74, 6) is 0. The summed E-state index contributed by atoms with van der Waals surface area (Å²) in [6.07, 6.45) is 0. The summed E-state index contributed by atoms with van der Waals surface area (Å²) in [4.78, 5) is 1.34. The van der Waals surface area contributed by atoms with Gasteiger partial charge in [-0.3, -0.25) is 0 Å². The second-order valence-corrected chi connectivity index (χ2v) is 5.64. The Bertz CT molecular complexity index is 235. The molecule has 1 aromatic carbocycles. The van der Waals surface area contributed by atoms with Gasteiger partial charge >= 0.3 is 0 Å². The molecular formula is C12H19NS. The second-order valence-electron chi connectivity index (χ2n) is 3.99. The molecule has 0 fully saturated rings. The van der Waals surface area contributed by atoms with Gasteiger partial charge in [-0.05, 0) is 38.1 Å². The van der Waals surface area contributed by atoms with Crippen LogP contribution >= 0.6 is 11.8 Å². The number of anilines is 1. The molecule has 0 bridgehead atoms. The van der Waals surface area contributed by atoms with E-state index in [2.05, 4.69) is 57.3 Å². The molecule has 0 aliphatic carbocycles. The zero-order valence-corrected chi connectivity index (χ0v) is 10.2. The van der Waals surface area contributed by atoms with Gasteiger partial charge in [0.25, 0.3) is 0 Å². The minimum atomic E-state index is 0.499. The van der Waals surface area contributed by atoms with Crippen LogP contribution in [0.3, 0.4) is 0 Å². The van der Waals surface area contributed by atoms with Crippen LogP contribution < -0.4 is 5.32 Å². The largest absolute Gasteiger partial charge is 0.383 e. The molecule has 14 heavy (non-hydrogen) atoms. The fraction of sp³-hybridized carbons (Fsp3) is 0.500. The fourth-order valence-electron chi connectivity index (χ4n) is 1.24. The van der Waals surface area contributed by atoms with E-state index in [1.807, 2.05) is 11.8 Å². The van der Waals surface area contributed by atoms with Gasteiger partial charge in [0.1, 0.15) is 0 Å². The van der Waals surface area contributed by atoms with E-state index in [9.17, 15) is 0 Å². The lowest BCUT2D eigenvalue weighted by Gasteiger charge is -2.10. The minimum absolute atomic E-state index is 0.499. The van der Waals surface area contributed by atoms with Gasteiger partial charge in [-0.1, -0.05) is 13.8 Å². The highest BCUT2D eigenvalue weighted by atomic mass is 32.2. The number of benzene rings is 1. The van der Waals surface area contributed by atoms with Crippen molar-refractivity contribution in [1.82, 2.24) is 0 Å². The molecule has 0 heterocycles. The van der Waals surface area contributed by atoms with E-state index in [0.29, 0.717) is 11.3 Å². The van der Waals surface area contributed by atoms with Crippen molar-refractivity contribution < 1.29 is 0 Å². The van der Waals surface area contributed by atoms with Crippen LogP contribution in [-0.4, -0.2) is 11.3 Å². The second kappa shape index (κ2) is 5.30. The van der Waals surface area contributed by atoms with E-state index in [-0.39, 0.29) is 0 Å². The molecule has 0 radical (unpaired) electrons. The standard InChI is InChI=1S/C12H19NS/c1-9(2)13-11-5-7-12(8-6-11)14-10(3)4/h5-10,13H,1-4H3. The Morgan fingerprint density at radius 1 is 1.00 bits per heavy atom. The molecule has 1 rings (SSSR count). The van der Waals surface area contributed by atoms with Gasteiger partial charge in [0, 0.05) is 21.9 Å². The smallest absolute Gasteiger partial charge is 0.0342 e. The normalized spacial score (nSPS) is 11.0. The van der Waals surface area contributed by atoms with Crippen molar-refractivity contribution in [2.45, 2.75) is 43.9 Å². The van der Waals surface area contributed by atoms with Crippen LogP contribution in [0, 0.1) is 0 Å². The zero-order chi connectivity index (χ0) is 10.6. The summed E-state index contributed by atoms with van der Waals surface area (Å²) in [5.41, 5.74) is 1.20. The highest BCUT2D eigenvalue weighted by molar-refractivity contribution is 7.99. The van der Waals surface area contributed by atoms with E-state index < -0.39 is 0 Å². The predicted octanol–water partition coefficient (Wildman–Crippen LogP) is 4.01. The average molecular weight is 209 g/mol. The maximum Gasteiger partial charge on any atom is 0.0342 e. The van der Waals surface area contributed by atoms with Gasteiger partial charge in [0.2, 0.25) is 0 Å². The van der Waals surface area contributed by atoms with Crippen LogP contribution in [0.1, 0.15) is 27.7 Å². The molecule has 1 N–H and O–H groups in total. The SMILES string of the molecule is CC(C)Nc1ccc(SC(C)C)cc1. The third-order valence-corrected chi connectivity index (χ3v) is 2.70. The topological polar surface area (TPSA) is 12.0 Å². The zero-order valence-electron chi connectivity index (χ0n) is 9.37. The molecular weight excluding hydrogens is 190 g/mol. The molecule has 0 aliphatic heterocycles. The van der Waals surface area contributed by atoms with Crippen LogP contribution in [0.25, 0.3) is 0 Å². The first kappa shape index (κ1) is 11.4. The Kier molecular flexibility index (Phi) is 4.33. The quantitative estimate of drug-likeness (QED) is 0.752. The molecule has 0 saturated carbocycles. The first-order valence-electron chi connectivity index (χ1n) is 5.11. The van der Waals surface area contributed by atoms with Crippen molar-refractivity contribution in [3.05, 3.63) is 24.3 Å². The molecule has 0 spiro atoms. The van der Waals surface area contributed by atoms with Crippen molar-refractivity contribution in [3.8, 4) is 0 Å². The monoisotopic (exact) mass is 209 g/mol. The van der Waals surface area contributed by atoms with Crippen LogP contribution in [0.4, 0.5) is 5.69 Å². The molecule has 1 aromatic rings. The lowest BCUT2D eigenvalue weighted by molar-refractivity contribution is 0.899. The Hall–Kier alpha value is -0.630. The number of rotatable bonds is 4. The first-order valence-corrected chi connectivity index (χ1v) is 5.99. The van der Waals surface area contributed by atoms with E-state index in [1.54, 1.807) is 0 Å². The number of thioether (sulfide) groups is 1. The lowest BCUT2D eigenvalue weighted by atomic mass is 10.3. The molecule has 0 aromatic heterocycles. The van der Waals surface area contributed by atoms with E-state index in [4.69, 9.17) is 0 Å². The molecule has 0 unspecified atom stereocenters. The predicted molar refractivity (Wildman–Crippen MR) is 66.2 cm³/mol. The van der Waals surface area contributed by atoms with Gasteiger partial charge in [-0.25, -0.2) is 0 Å². The minimum Gasteiger partial charge on any atom is -0.383 e. The van der Waals surface area contributed by atoms with Crippen LogP contribution in [0.15, 0.2) is 29.2 Å². The van der Waals surface area contributed by atoms with E-state index in [0.717, 1.165) is 0 Å². The third kappa shape index (κ3) is 4.05. The number of hydrogen-bond acceptors (Lipinski definition) is 2. The summed E-state index contributed by atoms with van der Waals surface area (Å²) in [6.45, 7) is 8.73. The summed E-state index contributed by atoms with van der Waals surface area (Å²) in [6, 6.07) is 9.14. The number of nitrogens with one attached hydrogen (secondary N) is 1. The van der Waals surface area contributed by atoms with Crippen molar-refractivity contribution in [1.29, 1.82) is 0 Å². The lowest BCUT2D eigenvalue weighted by Crippen LogP contribution is -2.09. The van der Waals surface area contributed by atoms with Crippen molar-refractivity contribution >= 4 is 17.4 Å². The fourth-order valence-corrected chi connectivity index (χ4v) is 2.07. The Labute approximate surface area is 91.3 Å². The Morgan fingerprint density at radius 2 is 1.57 bits per heavy atom. The summed E-state index contributed by atoms with van der Waals surface area (Å²) >= 11 is 1.90. The van der Waals surface area contributed by atoms with Crippen LogP contribution in [-0.2, 0) is 0 Å². The maximum atomic E-state index is 3.38. The van der Waals surface area contributed by atoms with Gasteiger partial charge in [-0.2, -0.15) is 0 Å². The highest BCUT2D eigenvalue weighted by Crippen LogP contribution is 2.24. The molecule has 1 nitrogen and oxygen atoms in total. The molecule has 0 atom stereocenters. The van der Waals surface area contributed by atoms with Crippen LogP contribution in [0.2, 0.25) is 0 Å². The maximum absolute atomic E-state index is 3.38. The van der Waals surface area contributed by atoms with E-state index >= 15 is 0 Å². The highest BCUT2D eigenvalue weighted by Gasteiger charge is 1.99. The third-order valence-electron chi connectivity index (χ3n) is 1.68. The van der Waals surface area contributed by atoms with Gasteiger partial charge in [0.15, 0.2) is 0 Å². The molecule has 78 valence electrons. The summed E-state index contributed by atoms with van der Waals surface area (Å²) < 4.78 is 0. The van der Waals surface area contributed by atoms with Gasteiger partial charge < -0.3 is 5.32 Å². The summed E-state index contributed by atoms with van der Waals surface area (Å²) in [7, 11) is 0. The van der Waals surface area contributed by atoms with Crippen molar-refractivity contribution in [2.24, 2.45) is 0 Å². The van der Waals surface area contributed by atoms with Crippen LogP contribution in [0.5, 0.6) is 0 Å². The summed E-state index contributed by atoms with van der Waals surface area (Å²) in [5, 5.41) is 4.03. The average Bonchev–Trinajstić information content (AvgIpc) is 2.06. The molecule has 2 heteroatoms. The van der Waals surface area contributed by atoms with E-state index in [1.165, 1.54) is 10.6 Å². The van der Waals surface area contributed by atoms with Crippen molar-refractivity contribution in [3.63, 3.8) is 0 Å². The van der Waals surface area contributed by atoms with Crippen molar-refractivity contribution in [2.75, 3.05) is 5.32 Å². The van der Waals surface area contributed by atoms with Gasteiger partial charge in [0.05, 0.1) is 0 Å².